The van der Waals surface area contributed by atoms with Crippen molar-refractivity contribution in [2.24, 2.45) is 11.3 Å². The lowest BCUT2D eigenvalue weighted by molar-refractivity contribution is -0.128. The van der Waals surface area contributed by atoms with Gasteiger partial charge in [-0.1, -0.05) is 39.0 Å². The second kappa shape index (κ2) is 7.17. The number of fused-ring (bicyclic) bond motifs is 3. The van der Waals surface area contributed by atoms with Crippen LogP contribution in [0.2, 0.25) is 0 Å². The number of amides is 2. The van der Waals surface area contributed by atoms with Gasteiger partial charge >= 0.3 is 6.09 Å². The second-order valence-corrected chi connectivity index (χ2v) is 8.98. The van der Waals surface area contributed by atoms with E-state index in [1.807, 2.05) is 18.5 Å². The molecular formula is C23H27N3O3. The number of likely N-dealkylation sites (tertiary alicyclic amines) is 1. The van der Waals surface area contributed by atoms with Gasteiger partial charge < -0.3 is 9.67 Å². The predicted octanol–water partition coefficient (Wildman–Crippen LogP) is 4.32. The third-order valence-electron chi connectivity index (χ3n) is 6.09. The van der Waals surface area contributed by atoms with E-state index in [9.17, 15) is 14.7 Å². The molecular weight excluding hydrogens is 366 g/mol. The summed E-state index contributed by atoms with van der Waals surface area (Å²) in [5.41, 5.74) is 4.68. The molecule has 1 aromatic heterocycles. The van der Waals surface area contributed by atoms with Crippen molar-refractivity contribution in [1.29, 1.82) is 0 Å². The zero-order valence-corrected chi connectivity index (χ0v) is 17.2. The molecule has 6 heteroatoms. The number of carbonyl (C=O) groups is 2. The topological polar surface area (TPSA) is 75.4 Å². The van der Waals surface area contributed by atoms with Gasteiger partial charge in [0.15, 0.2) is 0 Å². The number of aromatic nitrogens is 2. The number of hydrogen-bond acceptors (Lipinski definition) is 3. The monoisotopic (exact) mass is 393 g/mol. The minimum absolute atomic E-state index is 0.0129. The SMILES string of the molecule is CC(C)(C)C1CCN(C(=O)O)C(=O)C1=Cc1ncn2c1CCCc1ccccc1-2. The zero-order valence-electron chi connectivity index (χ0n) is 17.2. The fraction of sp³-hybridized carbons (Fsp3) is 0.435. The van der Waals surface area contributed by atoms with E-state index in [0.29, 0.717) is 12.0 Å². The third-order valence-corrected chi connectivity index (χ3v) is 6.09. The van der Waals surface area contributed by atoms with E-state index in [1.54, 1.807) is 0 Å². The van der Waals surface area contributed by atoms with Crippen molar-refractivity contribution in [3.8, 4) is 5.69 Å². The van der Waals surface area contributed by atoms with E-state index in [1.165, 1.54) is 5.56 Å². The van der Waals surface area contributed by atoms with Crippen LogP contribution in [0.15, 0.2) is 36.2 Å². The standard InChI is InChI=1S/C23H27N3O3/c1-23(2,3)17-11-12-25(22(28)29)21(27)16(17)13-18-20-10-6-8-15-7-4-5-9-19(15)26(20)14-24-18/h4-5,7,9,13-14,17H,6,8,10-12H2,1-3H3,(H,28,29). The van der Waals surface area contributed by atoms with Crippen molar-refractivity contribution >= 4 is 18.1 Å². The number of hydrogen-bond donors (Lipinski definition) is 1. The first kappa shape index (κ1) is 19.4. The Kier molecular flexibility index (Phi) is 4.81. The first-order chi connectivity index (χ1) is 13.8. The van der Waals surface area contributed by atoms with Crippen LogP contribution in [0.1, 0.15) is 50.6 Å². The first-order valence-electron chi connectivity index (χ1n) is 10.2. The number of imidazole rings is 1. The van der Waals surface area contributed by atoms with Crippen LogP contribution in [0.25, 0.3) is 11.8 Å². The van der Waals surface area contributed by atoms with Gasteiger partial charge in [0.1, 0.15) is 6.33 Å². The number of piperidine rings is 1. The van der Waals surface area contributed by atoms with Crippen LogP contribution >= 0.6 is 0 Å². The summed E-state index contributed by atoms with van der Waals surface area (Å²) < 4.78 is 2.11. The molecule has 1 saturated heterocycles. The highest BCUT2D eigenvalue weighted by Gasteiger charge is 2.40. The molecule has 1 unspecified atom stereocenters. The van der Waals surface area contributed by atoms with Crippen LogP contribution in [-0.2, 0) is 17.6 Å². The number of carboxylic acid groups (broad SMARTS) is 1. The Balaban J connectivity index is 1.81. The minimum atomic E-state index is -1.19. The summed E-state index contributed by atoms with van der Waals surface area (Å²) in [6.07, 6.45) is 5.98. The van der Waals surface area contributed by atoms with Crippen LogP contribution in [0, 0.1) is 11.3 Å². The minimum Gasteiger partial charge on any atom is -0.465 e. The molecule has 29 heavy (non-hydrogen) atoms. The molecule has 0 saturated carbocycles. The lowest BCUT2D eigenvalue weighted by Crippen LogP contribution is -2.46. The molecule has 1 N–H and O–H groups in total. The molecule has 3 heterocycles. The molecule has 0 aliphatic carbocycles. The number of imide groups is 1. The maximum absolute atomic E-state index is 13.0. The van der Waals surface area contributed by atoms with Crippen molar-refractivity contribution in [1.82, 2.24) is 14.5 Å². The fourth-order valence-electron chi connectivity index (χ4n) is 4.58. The van der Waals surface area contributed by atoms with Gasteiger partial charge in [0, 0.05) is 23.5 Å². The average Bonchev–Trinajstić information content (AvgIpc) is 2.95. The third kappa shape index (κ3) is 3.48. The number of para-hydroxylation sites is 1. The summed E-state index contributed by atoms with van der Waals surface area (Å²) in [5, 5.41) is 9.44. The Morgan fingerprint density at radius 1 is 1.24 bits per heavy atom. The molecule has 2 aliphatic heterocycles. The van der Waals surface area contributed by atoms with Gasteiger partial charge in [-0.15, -0.1) is 0 Å². The Morgan fingerprint density at radius 2 is 2.00 bits per heavy atom. The summed E-state index contributed by atoms with van der Waals surface area (Å²) in [6.45, 7) is 6.53. The molecule has 6 nitrogen and oxygen atoms in total. The van der Waals surface area contributed by atoms with Crippen molar-refractivity contribution in [2.45, 2.75) is 46.5 Å². The highest BCUT2D eigenvalue weighted by atomic mass is 16.4. The molecule has 0 radical (unpaired) electrons. The van der Waals surface area contributed by atoms with Crippen LogP contribution in [0.5, 0.6) is 0 Å². The number of aryl methyl sites for hydroxylation is 1. The Bertz CT molecular complexity index is 997. The number of rotatable bonds is 1. The van der Waals surface area contributed by atoms with Gasteiger partial charge in [-0.3, -0.25) is 4.79 Å². The molecule has 152 valence electrons. The van der Waals surface area contributed by atoms with E-state index < -0.39 is 12.0 Å². The fourth-order valence-corrected chi connectivity index (χ4v) is 4.58. The Hall–Kier alpha value is -2.89. The van der Waals surface area contributed by atoms with Crippen LogP contribution in [0.4, 0.5) is 4.79 Å². The quantitative estimate of drug-likeness (QED) is 0.732. The second-order valence-electron chi connectivity index (χ2n) is 8.98. The van der Waals surface area contributed by atoms with Gasteiger partial charge in [0.2, 0.25) is 0 Å². The Labute approximate surface area is 170 Å². The molecule has 1 aromatic carbocycles. The number of carbonyl (C=O) groups excluding carboxylic acids is 1. The van der Waals surface area contributed by atoms with Crippen LogP contribution in [-0.4, -0.2) is 38.1 Å². The average molecular weight is 393 g/mol. The first-order valence-corrected chi connectivity index (χ1v) is 10.2. The van der Waals surface area contributed by atoms with Crippen molar-refractivity contribution in [3.05, 3.63) is 53.1 Å². The van der Waals surface area contributed by atoms with Gasteiger partial charge in [-0.2, -0.15) is 0 Å². The van der Waals surface area contributed by atoms with Gasteiger partial charge in [-0.25, -0.2) is 14.7 Å². The maximum atomic E-state index is 13.0. The molecule has 1 fully saturated rings. The molecule has 4 rings (SSSR count). The summed E-state index contributed by atoms with van der Waals surface area (Å²) >= 11 is 0. The predicted molar refractivity (Wildman–Crippen MR) is 111 cm³/mol. The molecule has 1 atom stereocenters. The van der Waals surface area contributed by atoms with Crippen molar-refractivity contribution < 1.29 is 14.7 Å². The van der Waals surface area contributed by atoms with Gasteiger partial charge in [0.25, 0.3) is 5.91 Å². The highest BCUT2D eigenvalue weighted by Crippen LogP contribution is 2.40. The summed E-state index contributed by atoms with van der Waals surface area (Å²) in [6, 6.07) is 8.32. The van der Waals surface area contributed by atoms with E-state index >= 15 is 0 Å². The van der Waals surface area contributed by atoms with E-state index in [-0.39, 0.29) is 17.9 Å². The molecule has 0 bridgehead atoms. The summed E-state index contributed by atoms with van der Waals surface area (Å²) in [7, 11) is 0. The largest absolute Gasteiger partial charge is 0.465 e. The smallest absolute Gasteiger partial charge is 0.414 e. The lowest BCUT2D eigenvalue weighted by atomic mass is 9.72. The Morgan fingerprint density at radius 3 is 2.72 bits per heavy atom. The highest BCUT2D eigenvalue weighted by molar-refractivity contribution is 6.06. The van der Waals surface area contributed by atoms with E-state index in [2.05, 4.69) is 48.5 Å². The molecule has 2 aliphatic rings. The summed E-state index contributed by atoms with van der Waals surface area (Å²) in [4.78, 5) is 30.1. The molecule has 2 aromatic rings. The molecule has 0 spiro atoms. The zero-order chi connectivity index (χ0) is 20.8. The van der Waals surface area contributed by atoms with Crippen molar-refractivity contribution in [2.75, 3.05) is 6.54 Å². The van der Waals surface area contributed by atoms with Gasteiger partial charge in [-0.05, 0) is 54.7 Å². The number of nitrogens with zero attached hydrogens (tertiary/aromatic N) is 3. The maximum Gasteiger partial charge on any atom is 0.414 e. The molecule has 2 amide bonds. The number of benzene rings is 1. The van der Waals surface area contributed by atoms with E-state index in [4.69, 9.17) is 0 Å². The lowest BCUT2D eigenvalue weighted by Gasteiger charge is -2.38. The van der Waals surface area contributed by atoms with Gasteiger partial charge in [0.05, 0.1) is 5.69 Å². The van der Waals surface area contributed by atoms with Crippen LogP contribution < -0.4 is 0 Å². The van der Waals surface area contributed by atoms with Crippen molar-refractivity contribution in [3.63, 3.8) is 0 Å². The normalized spacial score (nSPS) is 20.9. The summed E-state index contributed by atoms with van der Waals surface area (Å²) in [5.74, 6) is -0.430. The van der Waals surface area contributed by atoms with Crippen LogP contribution in [0.3, 0.4) is 0 Å². The van der Waals surface area contributed by atoms with E-state index in [0.717, 1.165) is 41.2 Å².